The number of aromatic nitrogens is 1. The Morgan fingerprint density at radius 2 is 2.10 bits per heavy atom. The second-order valence-electron chi connectivity index (χ2n) is 5.51. The summed E-state index contributed by atoms with van der Waals surface area (Å²) in [7, 11) is 0. The van der Waals surface area contributed by atoms with E-state index in [4.69, 9.17) is 21.5 Å². The number of anilines is 1. The molecule has 0 aliphatic carbocycles. The summed E-state index contributed by atoms with van der Waals surface area (Å²) in [5, 5.41) is 28.9. The van der Waals surface area contributed by atoms with Crippen molar-refractivity contribution in [3.8, 4) is 6.07 Å². The summed E-state index contributed by atoms with van der Waals surface area (Å²) in [4.78, 5) is 15.2. The quantitative estimate of drug-likeness (QED) is 0.225. The van der Waals surface area contributed by atoms with Gasteiger partial charge in [0.05, 0.1) is 11.3 Å². The highest BCUT2D eigenvalue weighted by Gasteiger charge is 2.30. The van der Waals surface area contributed by atoms with E-state index in [0.29, 0.717) is 22.3 Å². The van der Waals surface area contributed by atoms with E-state index in [9.17, 15) is 18.0 Å². The van der Waals surface area contributed by atoms with E-state index in [1.807, 2.05) is 0 Å². The van der Waals surface area contributed by atoms with E-state index >= 15 is 0 Å². The molecule has 8 nitrogen and oxygen atoms in total. The van der Waals surface area contributed by atoms with Crippen LogP contribution in [-0.4, -0.2) is 27.6 Å². The molecule has 0 aliphatic heterocycles. The maximum atomic E-state index is 12.7. The SMILES string of the molecule is N#C/C(=N\Nc1ccc(Sc2ccc(C(F)(F)F)cn2)c(C=CC(=O)O)c1)C(=N)N. The fourth-order valence-corrected chi connectivity index (χ4v) is 2.84. The Hall–Kier alpha value is -3.85. The van der Waals surface area contributed by atoms with Gasteiger partial charge in [0.15, 0.2) is 5.84 Å². The molecule has 0 unspecified atom stereocenters. The molecule has 1 heterocycles. The predicted molar refractivity (Wildman–Crippen MR) is 105 cm³/mol. The summed E-state index contributed by atoms with van der Waals surface area (Å²) in [5.74, 6) is -1.73. The molecule has 2 aromatic rings. The summed E-state index contributed by atoms with van der Waals surface area (Å²) in [6.07, 6.45) is -1.60. The molecule has 0 aliphatic rings. The Morgan fingerprint density at radius 1 is 1.37 bits per heavy atom. The third-order valence-corrected chi connectivity index (χ3v) is 4.39. The molecule has 30 heavy (non-hydrogen) atoms. The van der Waals surface area contributed by atoms with Crippen LogP contribution >= 0.6 is 11.8 Å². The summed E-state index contributed by atoms with van der Waals surface area (Å²) in [6.45, 7) is 0. The van der Waals surface area contributed by atoms with Crippen molar-refractivity contribution < 1.29 is 23.1 Å². The number of hydrogen-bond donors (Lipinski definition) is 4. The van der Waals surface area contributed by atoms with Crippen LogP contribution in [0, 0.1) is 16.7 Å². The Morgan fingerprint density at radius 3 is 2.63 bits per heavy atom. The number of halogens is 3. The van der Waals surface area contributed by atoms with E-state index in [2.05, 4.69) is 15.5 Å². The molecule has 0 fully saturated rings. The smallest absolute Gasteiger partial charge is 0.417 e. The number of benzene rings is 1. The molecule has 1 aromatic carbocycles. The number of nitriles is 1. The largest absolute Gasteiger partial charge is 0.478 e. The van der Waals surface area contributed by atoms with E-state index in [0.717, 1.165) is 23.9 Å². The highest BCUT2D eigenvalue weighted by Crippen LogP contribution is 2.34. The van der Waals surface area contributed by atoms with Gasteiger partial charge in [-0.1, -0.05) is 11.8 Å². The Bertz CT molecular complexity index is 1060. The van der Waals surface area contributed by atoms with Gasteiger partial charge in [0.25, 0.3) is 0 Å². The second kappa shape index (κ2) is 9.57. The molecule has 12 heteroatoms. The van der Waals surface area contributed by atoms with Gasteiger partial charge in [0.2, 0.25) is 5.71 Å². The number of carbonyl (C=O) groups is 1. The minimum absolute atomic E-state index is 0.273. The van der Waals surface area contributed by atoms with Gasteiger partial charge in [-0.3, -0.25) is 10.8 Å². The van der Waals surface area contributed by atoms with Gasteiger partial charge in [-0.25, -0.2) is 9.78 Å². The molecule has 0 atom stereocenters. The Balaban J connectivity index is 2.33. The summed E-state index contributed by atoms with van der Waals surface area (Å²) >= 11 is 1.04. The number of aliphatic carboxylic acids is 1. The molecule has 1 aromatic heterocycles. The summed E-state index contributed by atoms with van der Waals surface area (Å²) in [6, 6.07) is 8.37. The summed E-state index contributed by atoms with van der Waals surface area (Å²) < 4.78 is 38.0. The number of nitrogens with two attached hydrogens (primary N) is 1. The van der Waals surface area contributed by atoms with Gasteiger partial charge >= 0.3 is 12.1 Å². The average molecular weight is 434 g/mol. The number of pyridine rings is 1. The number of nitrogens with zero attached hydrogens (tertiary/aromatic N) is 3. The van der Waals surface area contributed by atoms with Crippen molar-refractivity contribution in [2.24, 2.45) is 10.8 Å². The van der Waals surface area contributed by atoms with Crippen LogP contribution in [0.25, 0.3) is 6.08 Å². The van der Waals surface area contributed by atoms with E-state index in [-0.39, 0.29) is 10.7 Å². The third kappa shape index (κ3) is 6.35. The van der Waals surface area contributed by atoms with Gasteiger partial charge in [-0.2, -0.15) is 23.5 Å². The lowest BCUT2D eigenvalue weighted by Crippen LogP contribution is -2.21. The van der Waals surface area contributed by atoms with Crippen molar-refractivity contribution in [1.29, 1.82) is 10.7 Å². The lowest BCUT2D eigenvalue weighted by atomic mass is 10.2. The summed E-state index contributed by atoms with van der Waals surface area (Å²) in [5.41, 5.74) is 7.28. The lowest BCUT2D eigenvalue weighted by Gasteiger charge is -2.10. The van der Waals surface area contributed by atoms with Gasteiger partial charge in [-0.05, 0) is 42.0 Å². The molecule has 0 spiro atoms. The number of carboxylic acids is 1. The zero-order valence-electron chi connectivity index (χ0n) is 14.9. The zero-order chi connectivity index (χ0) is 22.3. The standard InChI is InChI=1S/C18H13F3N6O2S/c19-18(20,21)11-2-5-15(25-9-11)30-14-4-3-12(7-10(14)1-6-16(28)29)26-27-13(8-22)17(23)24/h1-7,9,26H,(H3,23,24)(H,28,29)/b6-1?,27-13+. The van der Waals surface area contributed by atoms with Gasteiger partial charge in [0, 0.05) is 17.2 Å². The molecule has 5 N–H and O–H groups in total. The first-order chi connectivity index (χ1) is 14.1. The first-order valence-corrected chi connectivity index (χ1v) is 8.76. The number of hydrazone groups is 1. The van der Waals surface area contributed by atoms with Crippen LogP contribution in [-0.2, 0) is 11.0 Å². The number of hydrogen-bond acceptors (Lipinski definition) is 7. The van der Waals surface area contributed by atoms with Crippen LogP contribution < -0.4 is 11.2 Å². The highest BCUT2D eigenvalue weighted by molar-refractivity contribution is 7.99. The van der Waals surface area contributed by atoms with Crippen LogP contribution in [0.2, 0.25) is 0 Å². The minimum Gasteiger partial charge on any atom is -0.478 e. The maximum absolute atomic E-state index is 12.7. The van der Waals surface area contributed by atoms with Crippen molar-refractivity contribution in [3.05, 3.63) is 53.7 Å². The number of carboxylic acid groups (broad SMARTS) is 1. The minimum atomic E-state index is -4.50. The number of amidine groups is 1. The van der Waals surface area contributed by atoms with Crippen LogP contribution in [0.1, 0.15) is 11.1 Å². The van der Waals surface area contributed by atoms with E-state index < -0.39 is 23.5 Å². The zero-order valence-corrected chi connectivity index (χ0v) is 15.8. The van der Waals surface area contributed by atoms with Gasteiger partial charge < -0.3 is 10.8 Å². The van der Waals surface area contributed by atoms with Crippen LogP contribution in [0.3, 0.4) is 0 Å². The Labute approximate surface area is 172 Å². The molecule has 0 radical (unpaired) electrons. The first-order valence-electron chi connectivity index (χ1n) is 7.94. The average Bonchev–Trinajstić information content (AvgIpc) is 2.67. The number of alkyl halides is 3. The highest BCUT2D eigenvalue weighted by atomic mass is 32.2. The van der Waals surface area contributed by atoms with Crippen molar-refractivity contribution in [2.75, 3.05) is 5.43 Å². The van der Waals surface area contributed by atoms with E-state index in [1.165, 1.54) is 18.2 Å². The fourth-order valence-electron chi connectivity index (χ4n) is 1.99. The molecule has 154 valence electrons. The van der Waals surface area contributed by atoms with Crippen LogP contribution in [0.5, 0.6) is 0 Å². The van der Waals surface area contributed by atoms with Crippen molar-refractivity contribution in [2.45, 2.75) is 16.1 Å². The second-order valence-corrected chi connectivity index (χ2v) is 6.57. The molecule has 0 amide bonds. The topological polar surface area (TPSA) is 148 Å². The van der Waals surface area contributed by atoms with Crippen molar-refractivity contribution in [1.82, 2.24) is 4.98 Å². The number of rotatable bonds is 7. The van der Waals surface area contributed by atoms with Gasteiger partial charge in [0.1, 0.15) is 11.1 Å². The predicted octanol–water partition coefficient (Wildman–Crippen LogP) is 3.58. The van der Waals surface area contributed by atoms with Gasteiger partial charge in [-0.15, -0.1) is 0 Å². The molecule has 0 bridgehead atoms. The molecule has 0 saturated carbocycles. The molecule has 0 saturated heterocycles. The Kier molecular flexibility index (Phi) is 7.16. The van der Waals surface area contributed by atoms with Crippen LogP contribution in [0.4, 0.5) is 18.9 Å². The van der Waals surface area contributed by atoms with Crippen LogP contribution in [0.15, 0.2) is 57.6 Å². The molecule has 2 rings (SSSR count). The third-order valence-electron chi connectivity index (χ3n) is 3.35. The van der Waals surface area contributed by atoms with Crippen molar-refractivity contribution >= 4 is 41.0 Å². The maximum Gasteiger partial charge on any atom is 0.417 e. The first kappa shape index (κ1) is 22.4. The number of nitrogens with one attached hydrogen (secondary N) is 2. The lowest BCUT2D eigenvalue weighted by molar-refractivity contribution is -0.138. The fraction of sp³-hybridized carbons (Fsp3) is 0.0556. The van der Waals surface area contributed by atoms with Crippen molar-refractivity contribution in [3.63, 3.8) is 0 Å². The normalized spacial score (nSPS) is 11.9. The molecular formula is C18H13F3N6O2S. The molecular weight excluding hydrogens is 421 g/mol. The van der Waals surface area contributed by atoms with E-state index in [1.54, 1.807) is 18.2 Å². The monoisotopic (exact) mass is 434 g/mol.